The summed E-state index contributed by atoms with van der Waals surface area (Å²) in [5.41, 5.74) is 2.70. The summed E-state index contributed by atoms with van der Waals surface area (Å²) >= 11 is 0. The number of fused-ring (bicyclic) bond motifs is 2. The van der Waals surface area contributed by atoms with Gasteiger partial charge in [-0.05, 0) is 54.4 Å². The Labute approximate surface area is 118 Å². The third kappa shape index (κ3) is 2.35. The minimum Gasteiger partial charge on any atom is -0.481 e. The van der Waals surface area contributed by atoms with Gasteiger partial charge in [-0.25, -0.2) is 0 Å². The highest BCUT2D eigenvalue weighted by Gasteiger charge is 2.37. The second-order valence-corrected chi connectivity index (χ2v) is 5.97. The molecule has 0 bridgehead atoms. The average Bonchev–Trinajstić information content (AvgIpc) is 2.97. The summed E-state index contributed by atoms with van der Waals surface area (Å²) in [5.74, 6) is 0.953. The molecular weight excluding hydrogens is 256 g/mol. The molecule has 2 aliphatic rings. The van der Waals surface area contributed by atoms with Crippen molar-refractivity contribution >= 4 is 5.97 Å². The molecule has 4 heteroatoms. The number of aliphatic carboxylic acids is 1. The molecule has 20 heavy (non-hydrogen) atoms. The van der Waals surface area contributed by atoms with Crippen LogP contribution in [0.1, 0.15) is 43.7 Å². The van der Waals surface area contributed by atoms with E-state index >= 15 is 0 Å². The third-order valence-electron chi connectivity index (χ3n) is 4.48. The van der Waals surface area contributed by atoms with Crippen molar-refractivity contribution in [2.75, 3.05) is 6.79 Å². The fourth-order valence-corrected chi connectivity index (χ4v) is 3.61. The van der Waals surface area contributed by atoms with Crippen LogP contribution in [0, 0.1) is 5.41 Å². The SMILES string of the molecule is CCCC1(CCC(=O)O)Cc2cc3c(cc2C1)OCO3. The van der Waals surface area contributed by atoms with Crippen LogP contribution in [0.3, 0.4) is 0 Å². The zero-order valence-electron chi connectivity index (χ0n) is 11.8. The highest BCUT2D eigenvalue weighted by atomic mass is 16.7. The standard InChI is InChI=1S/C16H20O4/c1-2-4-16(5-3-15(17)18)8-11-6-13-14(20-10-19-13)7-12(11)9-16/h6-7H,2-5,8-10H2,1H3,(H,17,18). The fourth-order valence-electron chi connectivity index (χ4n) is 3.61. The summed E-state index contributed by atoms with van der Waals surface area (Å²) in [6.45, 7) is 2.47. The van der Waals surface area contributed by atoms with Crippen molar-refractivity contribution < 1.29 is 19.4 Å². The van der Waals surface area contributed by atoms with Gasteiger partial charge in [-0.1, -0.05) is 13.3 Å². The van der Waals surface area contributed by atoms with Gasteiger partial charge in [-0.2, -0.15) is 0 Å². The summed E-state index contributed by atoms with van der Waals surface area (Å²) < 4.78 is 10.9. The number of carboxylic acids is 1. The van der Waals surface area contributed by atoms with E-state index in [4.69, 9.17) is 14.6 Å². The highest BCUT2D eigenvalue weighted by Crippen LogP contribution is 2.47. The van der Waals surface area contributed by atoms with E-state index in [-0.39, 0.29) is 11.8 Å². The van der Waals surface area contributed by atoms with Crippen molar-refractivity contribution in [3.8, 4) is 11.5 Å². The summed E-state index contributed by atoms with van der Waals surface area (Å²) in [6.07, 6.45) is 5.07. The van der Waals surface area contributed by atoms with Crippen LogP contribution in [0.4, 0.5) is 0 Å². The van der Waals surface area contributed by atoms with Crippen LogP contribution in [-0.4, -0.2) is 17.9 Å². The summed E-state index contributed by atoms with van der Waals surface area (Å²) in [5, 5.41) is 8.97. The first-order chi connectivity index (χ1) is 9.62. The normalized spacial score (nSPS) is 18.1. The molecule has 0 amide bonds. The van der Waals surface area contributed by atoms with Crippen LogP contribution in [0.15, 0.2) is 12.1 Å². The number of rotatable bonds is 5. The minimum absolute atomic E-state index is 0.102. The predicted molar refractivity (Wildman–Crippen MR) is 74.2 cm³/mol. The molecule has 4 nitrogen and oxygen atoms in total. The molecule has 0 saturated carbocycles. The summed E-state index contributed by atoms with van der Waals surface area (Å²) in [6, 6.07) is 4.16. The van der Waals surface area contributed by atoms with Crippen LogP contribution in [0.25, 0.3) is 0 Å². The lowest BCUT2D eigenvalue weighted by atomic mass is 9.76. The van der Waals surface area contributed by atoms with Gasteiger partial charge in [0.15, 0.2) is 11.5 Å². The van der Waals surface area contributed by atoms with E-state index in [1.54, 1.807) is 0 Å². The number of hydrogen-bond acceptors (Lipinski definition) is 3. The van der Waals surface area contributed by atoms with Crippen molar-refractivity contribution in [1.29, 1.82) is 0 Å². The van der Waals surface area contributed by atoms with Crippen molar-refractivity contribution in [3.05, 3.63) is 23.3 Å². The Morgan fingerprint density at radius 3 is 2.30 bits per heavy atom. The number of carboxylic acid groups (broad SMARTS) is 1. The summed E-state index contributed by atoms with van der Waals surface area (Å²) in [7, 11) is 0. The van der Waals surface area contributed by atoms with E-state index in [1.165, 1.54) is 11.1 Å². The van der Waals surface area contributed by atoms with Crippen LogP contribution >= 0.6 is 0 Å². The molecule has 0 atom stereocenters. The number of benzene rings is 1. The molecule has 1 aromatic carbocycles. The number of ether oxygens (including phenoxy) is 2. The van der Waals surface area contributed by atoms with Gasteiger partial charge in [0, 0.05) is 6.42 Å². The first kappa shape index (κ1) is 13.3. The Balaban J connectivity index is 1.83. The monoisotopic (exact) mass is 276 g/mol. The number of carbonyl (C=O) groups is 1. The van der Waals surface area contributed by atoms with Crippen LogP contribution in [0.5, 0.6) is 11.5 Å². The fraction of sp³-hybridized carbons (Fsp3) is 0.562. The van der Waals surface area contributed by atoms with Gasteiger partial charge in [0.2, 0.25) is 6.79 Å². The zero-order valence-corrected chi connectivity index (χ0v) is 11.8. The molecule has 3 rings (SSSR count). The minimum atomic E-state index is -0.703. The van der Waals surface area contributed by atoms with Gasteiger partial charge >= 0.3 is 5.97 Å². The van der Waals surface area contributed by atoms with E-state index in [9.17, 15) is 4.79 Å². The van der Waals surface area contributed by atoms with Gasteiger partial charge in [0.25, 0.3) is 0 Å². The molecule has 0 aromatic heterocycles. The van der Waals surface area contributed by atoms with Crippen molar-refractivity contribution in [2.45, 2.75) is 45.4 Å². The van der Waals surface area contributed by atoms with Gasteiger partial charge in [0.05, 0.1) is 0 Å². The molecule has 0 fully saturated rings. The molecule has 0 saturated heterocycles. The topological polar surface area (TPSA) is 55.8 Å². The predicted octanol–water partition coefficient (Wildman–Crippen LogP) is 3.17. The Bertz CT molecular complexity index is 503. The molecular formula is C16H20O4. The second-order valence-electron chi connectivity index (χ2n) is 5.97. The Morgan fingerprint density at radius 2 is 1.80 bits per heavy atom. The maximum absolute atomic E-state index is 10.9. The molecule has 1 aromatic rings. The van der Waals surface area contributed by atoms with Crippen LogP contribution in [-0.2, 0) is 17.6 Å². The first-order valence-corrected chi connectivity index (χ1v) is 7.25. The van der Waals surface area contributed by atoms with E-state index in [1.807, 2.05) is 0 Å². The van der Waals surface area contributed by atoms with Crippen LogP contribution in [0.2, 0.25) is 0 Å². The van der Waals surface area contributed by atoms with Crippen molar-refractivity contribution in [3.63, 3.8) is 0 Å². The first-order valence-electron chi connectivity index (χ1n) is 7.25. The molecule has 108 valence electrons. The van der Waals surface area contributed by atoms with Crippen LogP contribution < -0.4 is 9.47 Å². The third-order valence-corrected chi connectivity index (χ3v) is 4.48. The lowest BCUT2D eigenvalue weighted by Gasteiger charge is -2.28. The van der Waals surface area contributed by atoms with E-state index in [2.05, 4.69) is 19.1 Å². The largest absolute Gasteiger partial charge is 0.481 e. The zero-order chi connectivity index (χ0) is 14.2. The molecule has 1 aliphatic heterocycles. The van der Waals surface area contributed by atoms with Gasteiger partial charge in [-0.15, -0.1) is 0 Å². The van der Waals surface area contributed by atoms with E-state index in [0.717, 1.165) is 43.6 Å². The lowest BCUT2D eigenvalue weighted by Crippen LogP contribution is -2.22. The Morgan fingerprint density at radius 1 is 1.20 bits per heavy atom. The van der Waals surface area contributed by atoms with E-state index < -0.39 is 5.97 Å². The van der Waals surface area contributed by atoms with Crippen molar-refractivity contribution in [1.82, 2.24) is 0 Å². The molecule has 0 unspecified atom stereocenters. The van der Waals surface area contributed by atoms with E-state index in [0.29, 0.717) is 6.79 Å². The molecule has 1 aliphatic carbocycles. The average molecular weight is 276 g/mol. The smallest absolute Gasteiger partial charge is 0.303 e. The summed E-state index contributed by atoms with van der Waals surface area (Å²) in [4.78, 5) is 10.9. The maximum atomic E-state index is 10.9. The van der Waals surface area contributed by atoms with Gasteiger partial charge in [-0.3, -0.25) is 4.79 Å². The van der Waals surface area contributed by atoms with Crippen molar-refractivity contribution in [2.24, 2.45) is 5.41 Å². The maximum Gasteiger partial charge on any atom is 0.303 e. The second kappa shape index (κ2) is 5.00. The molecule has 0 spiro atoms. The van der Waals surface area contributed by atoms with Gasteiger partial charge < -0.3 is 14.6 Å². The quantitative estimate of drug-likeness (QED) is 0.897. The lowest BCUT2D eigenvalue weighted by molar-refractivity contribution is -0.137. The Kier molecular flexibility index (Phi) is 3.32. The number of hydrogen-bond donors (Lipinski definition) is 1. The highest BCUT2D eigenvalue weighted by molar-refractivity contribution is 5.66. The van der Waals surface area contributed by atoms with Gasteiger partial charge in [0.1, 0.15) is 0 Å². The molecule has 1 N–H and O–H groups in total. The molecule has 0 radical (unpaired) electrons. The molecule has 1 heterocycles. The Hall–Kier alpha value is -1.71.